The number of nitrogens with one attached hydrogen (secondary N) is 1. The normalized spacial score (nSPS) is 11.7. The molecule has 0 spiro atoms. The number of hydrogen-bond donors (Lipinski definition) is 3. The zero-order valence-corrected chi connectivity index (χ0v) is 16.7. The minimum absolute atomic E-state index is 0.00911. The molecule has 1 aromatic carbocycles. The topological polar surface area (TPSA) is 132 Å². The molecule has 0 aliphatic rings. The van der Waals surface area contributed by atoms with E-state index in [2.05, 4.69) is 5.32 Å². The van der Waals surface area contributed by atoms with Crippen molar-refractivity contribution in [3.63, 3.8) is 0 Å². The third kappa shape index (κ3) is 5.46. The Hall–Kier alpha value is -2.07. The molecule has 1 aromatic heterocycles. The van der Waals surface area contributed by atoms with Gasteiger partial charge in [0.05, 0.1) is 29.1 Å². The van der Waals surface area contributed by atoms with Gasteiger partial charge in [-0.05, 0) is 57.2 Å². The second kappa shape index (κ2) is 8.75. The lowest BCUT2D eigenvalue weighted by Gasteiger charge is -2.19. The minimum atomic E-state index is -4.12. The summed E-state index contributed by atoms with van der Waals surface area (Å²) in [6.07, 6.45) is 2.65. The van der Waals surface area contributed by atoms with Gasteiger partial charge in [0.2, 0.25) is 10.0 Å². The van der Waals surface area contributed by atoms with E-state index in [9.17, 15) is 13.2 Å². The van der Waals surface area contributed by atoms with Crippen LogP contribution < -0.4 is 16.2 Å². The fraction of sp³-hybridized carbons (Fsp3) is 0.353. The van der Waals surface area contributed by atoms with Crippen LogP contribution in [0.4, 0.5) is 5.69 Å². The molecule has 10 heteroatoms. The minimum Gasteiger partial charge on any atom is -0.467 e. The predicted molar refractivity (Wildman–Crippen MR) is 104 cm³/mol. The molecule has 0 bridgehead atoms. The fourth-order valence-corrected chi connectivity index (χ4v) is 3.91. The highest BCUT2D eigenvalue weighted by Crippen LogP contribution is 2.35. The molecule has 1 heterocycles. The Morgan fingerprint density at radius 1 is 1.37 bits per heavy atom. The molecular formula is C17H23ClN4O4S. The summed E-state index contributed by atoms with van der Waals surface area (Å²) in [6.45, 7) is 1.03. The summed E-state index contributed by atoms with van der Waals surface area (Å²) in [5.74, 6) is -0.149. The molecule has 2 rings (SSSR count). The number of nitrogens with zero attached hydrogens (tertiary/aromatic N) is 1. The summed E-state index contributed by atoms with van der Waals surface area (Å²) in [4.78, 5) is 13.6. The SMILES string of the molecule is CN(C)CCCc1c(Cl)c(S(N)(=O)=O)cc(C(N)=O)c1NCc1ccco1. The third-order valence-corrected chi connectivity index (χ3v) is 5.43. The van der Waals surface area contributed by atoms with Crippen molar-refractivity contribution in [2.45, 2.75) is 24.3 Å². The van der Waals surface area contributed by atoms with E-state index in [1.54, 1.807) is 12.1 Å². The number of sulfonamides is 1. The smallest absolute Gasteiger partial charge is 0.250 e. The average Bonchev–Trinajstić information content (AvgIpc) is 3.06. The third-order valence-electron chi connectivity index (χ3n) is 3.95. The van der Waals surface area contributed by atoms with Gasteiger partial charge >= 0.3 is 0 Å². The number of primary amides is 1. The van der Waals surface area contributed by atoms with Crippen molar-refractivity contribution in [2.24, 2.45) is 10.9 Å². The summed E-state index contributed by atoms with van der Waals surface area (Å²) in [5, 5.41) is 8.35. The molecule has 5 N–H and O–H groups in total. The maximum absolute atomic E-state index is 12.0. The van der Waals surface area contributed by atoms with Crippen LogP contribution in [0.15, 0.2) is 33.8 Å². The summed E-state index contributed by atoms with van der Waals surface area (Å²) in [6, 6.07) is 4.62. The monoisotopic (exact) mass is 414 g/mol. The highest BCUT2D eigenvalue weighted by molar-refractivity contribution is 7.89. The molecule has 2 aromatic rings. The van der Waals surface area contributed by atoms with Crippen molar-refractivity contribution in [1.29, 1.82) is 0 Å². The lowest BCUT2D eigenvalue weighted by molar-refractivity contribution is 0.100. The molecule has 0 saturated heterocycles. The van der Waals surface area contributed by atoms with Gasteiger partial charge in [-0.25, -0.2) is 13.6 Å². The van der Waals surface area contributed by atoms with Crippen molar-refractivity contribution in [3.8, 4) is 0 Å². The molecule has 0 aliphatic carbocycles. The first-order chi connectivity index (χ1) is 12.6. The Morgan fingerprint density at radius 2 is 2.07 bits per heavy atom. The van der Waals surface area contributed by atoms with E-state index in [0.29, 0.717) is 29.9 Å². The quantitative estimate of drug-likeness (QED) is 0.573. The number of primary sulfonamides is 1. The van der Waals surface area contributed by atoms with Crippen LogP contribution in [0, 0.1) is 0 Å². The van der Waals surface area contributed by atoms with Crippen molar-refractivity contribution in [2.75, 3.05) is 26.0 Å². The molecule has 0 aliphatic heterocycles. The van der Waals surface area contributed by atoms with E-state index in [4.69, 9.17) is 26.9 Å². The number of anilines is 1. The van der Waals surface area contributed by atoms with Crippen LogP contribution in [-0.2, 0) is 23.0 Å². The fourth-order valence-electron chi connectivity index (χ4n) is 2.69. The van der Waals surface area contributed by atoms with Gasteiger partial charge in [0.1, 0.15) is 10.7 Å². The molecule has 1 amide bonds. The predicted octanol–water partition coefficient (Wildman–Crippen LogP) is 1.79. The number of hydrogen-bond acceptors (Lipinski definition) is 6. The molecule has 27 heavy (non-hydrogen) atoms. The van der Waals surface area contributed by atoms with Crippen molar-refractivity contribution >= 4 is 33.2 Å². The lowest BCUT2D eigenvalue weighted by atomic mass is 10.0. The van der Waals surface area contributed by atoms with Crippen LogP contribution >= 0.6 is 11.6 Å². The molecule has 0 radical (unpaired) electrons. The Morgan fingerprint density at radius 3 is 2.59 bits per heavy atom. The van der Waals surface area contributed by atoms with Crippen LogP contribution in [0.2, 0.25) is 5.02 Å². The number of nitrogens with two attached hydrogens (primary N) is 2. The van der Waals surface area contributed by atoms with E-state index in [1.807, 2.05) is 19.0 Å². The van der Waals surface area contributed by atoms with Crippen LogP contribution in [0.25, 0.3) is 0 Å². The Balaban J connectivity index is 2.54. The van der Waals surface area contributed by atoms with Crippen LogP contribution in [0.1, 0.15) is 28.1 Å². The van der Waals surface area contributed by atoms with Gasteiger partial charge < -0.3 is 20.4 Å². The molecular weight excluding hydrogens is 392 g/mol. The van der Waals surface area contributed by atoms with Crippen LogP contribution in [0.5, 0.6) is 0 Å². The molecule has 0 atom stereocenters. The second-order valence-corrected chi connectivity index (χ2v) is 8.25. The summed E-state index contributed by atoms with van der Waals surface area (Å²) >= 11 is 6.36. The Kier molecular flexibility index (Phi) is 6.88. The number of amides is 1. The number of rotatable bonds is 9. The molecule has 0 fully saturated rings. The van der Waals surface area contributed by atoms with E-state index in [-0.39, 0.29) is 22.0 Å². The van der Waals surface area contributed by atoms with Gasteiger partial charge in [0, 0.05) is 0 Å². The number of furan rings is 1. The van der Waals surface area contributed by atoms with Crippen molar-refractivity contribution < 1.29 is 17.6 Å². The highest BCUT2D eigenvalue weighted by Gasteiger charge is 2.24. The Bertz CT molecular complexity index is 912. The zero-order chi connectivity index (χ0) is 20.2. The summed E-state index contributed by atoms with van der Waals surface area (Å²) in [7, 11) is -0.277. The standard InChI is InChI=1S/C17H23ClN4O4S/c1-22(2)7-3-6-12-15(18)14(27(20,24)25)9-13(17(19)23)16(12)21-10-11-5-4-8-26-11/h4-5,8-9,21H,3,6-7,10H2,1-2H3,(H2,19,23)(H2,20,24,25). The van der Waals surface area contributed by atoms with Gasteiger partial charge in [-0.3, -0.25) is 4.79 Å². The number of carbonyl (C=O) groups excluding carboxylic acids is 1. The molecule has 148 valence electrons. The first kappa shape index (κ1) is 21.2. The second-order valence-electron chi connectivity index (χ2n) is 6.34. The van der Waals surface area contributed by atoms with Gasteiger partial charge in [0.25, 0.3) is 5.91 Å². The van der Waals surface area contributed by atoms with E-state index >= 15 is 0 Å². The van der Waals surface area contributed by atoms with Crippen molar-refractivity contribution in [1.82, 2.24) is 4.90 Å². The van der Waals surface area contributed by atoms with E-state index in [1.165, 1.54) is 6.26 Å². The van der Waals surface area contributed by atoms with Gasteiger partial charge in [-0.2, -0.15) is 0 Å². The first-order valence-corrected chi connectivity index (χ1v) is 10.1. The molecule has 8 nitrogen and oxygen atoms in total. The van der Waals surface area contributed by atoms with Gasteiger partial charge in [-0.1, -0.05) is 11.6 Å². The van der Waals surface area contributed by atoms with Gasteiger partial charge in [-0.15, -0.1) is 0 Å². The largest absolute Gasteiger partial charge is 0.467 e. The Labute approximate surface area is 163 Å². The maximum Gasteiger partial charge on any atom is 0.250 e. The van der Waals surface area contributed by atoms with Crippen LogP contribution in [0.3, 0.4) is 0 Å². The average molecular weight is 415 g/mol. The number of halogens is 1. The van der Waals surface area contributed by atoms with Crippen molar-refractivity contribution in [3.05, 3.63) is 46.4 Å². The van der Waals surface area contributed by atoms with Gasteiger partial charge in [0.15, 0.2) is 0 Å². The summed E-state index contributed by atoms with van der Waals surface area (Å²) in [5.41, 5.74) is 6.35. The number of carbonyl (C=O) groups is 1. The number of benzene rings is 1. The van der Waals surface area contributed by atoms with E-state index < -0.39 is 15.9 Å². The lowest BCUT2D eigenvalue weighted by Crippen LogP contribution is -2.21. The zero-order valence-electron chi connectivity index (χ0n) is 15.2. The molecule has 0 unspecified atom stereocenters. The highest BCUT2D eigenvalue weighted by atomic mass is 35.5. The van der Waals surface area contributed by atoms with Crippen LogP contribution in [-0.4, -0.2) is 39.9 Å². The first-order valence-electron chi connectivity index (χ1n) is 8.20. The molecule has 0 saturated carbocycles. The van der Waals surface area contributed by atoms with E-state index in [0.717, 1.165) is 12.6 Å². The maximum atomic E-state index is 12.0. The summed E-state index contributed by atoms with van der Waals surface area (Å²) < 4.78 is 29.1.